The molecule has 0 unspecified atom stereocenters. The van der Waals surface area contributed by atoms with Crippen LogP contribution in [0.15, 0.2) is 20.0 Å². The van der Waals surface area contributed by atoms with E-state index in [4.69, 9.17) is 57.3 Å². The van der Waals surface area contributed by atoms with Gasteiger partial charge in [0.05, 0.1) is 6.04 Å². The maximum atomic E-state index is 14.7. The summed E-state index contributed by atoms with van der Waals surface area (Å²) in [6.45, 7) is 34.4. The first-order chi connectivity index (χ1) is 59.9. The molecule has 0 fully saturated rings. The summed E-state index contributed by atoms with van der Waals surface area (Å²) in [5, 5.41) is 40.0. The van der Waals surface area contributed by atoms with Gasteiger partial charge in [0.15, 0.2) is 23.8 Å². The Morgan fingerprint density at radius 3 is 0.512 bits per heavy atom. The molecule has 736 valence electrons. The summed E-state index contributed by atoms with van der Waals surface area (Å²) in [4.78, 5) is 241. The van der Waals surface area contributed by atoms with Crippen LogP contribution in [0.25, 0.3) is 0 Å². The van der Waals surface area contributed by atoms with E-state index in [2.05, 4.69) is 99.7 Å². The van der Waals surface area contributed by atoms with Crippen LogP contribution in [0.3, 0.4) is 0 Å². The summed E-state index contributed by atoms with van der Waals surface area (Å²) in [6.07, 6.45) is 1.04. The van der Waals surface area contributed by atoms with Crippen molar-refractivity contribution >= 4 is 118 Å². The molecule has 0 saturated carbocycles. The zero-order valence-corrected chi connectivity index (χ0v) is 79.6. The molecule has 0 aliphatic heterocycles. The third kappa shape index (κ3) is 51.4. The summed E-state index contributed by atoms with van der Waals surface area (Å²) < 4.78 is 0. The third-order valence-corrected chi connectivity index (χ3v) is 19.8. The molecule has 0 aliphatic rings. The molecule has 0 radical (unpaired) electrons. The van der Waals surface area contributed by atoms with Crippen molar-refractivity contribution in [2.75, 3.05) is 26.2 Å². The number of nitrogens with one attached hydrogen (secondary N) is 15. The van der Waals surface area contributed by atoms with Crippen LogP contribution >= 0.6 is 0 Å². The molecule has 129 heavy (non-hydrogen) atoms. The fourth-order valence-corrected chi connectivity index (χ4v) is 13.3. The van der Waals surface area contributed by atoms with E-state index < -0.39 is 191 Å². The van der Waals surface area contributed by atoms with Crippen LogP contribution in [-0.4, -0.2) is 241 Å². The fraction of sp³-hybridized carbons (Fsp3) is 0.762. The number of guanidine groups is 4. The summed E-state index contributed by atoms with van der Waals surface area (Å²) in [5.41, 5.74) is 56.2. The molecule has 0 aromatic rings. The first kappa shape index (κ1) is 118. The maximum Gasteiger partial charge on any atom is 0.243 e. The molecule has 16 amide bonds. The number of primary amides is 1. The molecular formula is C84H159N29O16. The summed E-state index contributed by atoms with van der Waals surface area (Å²) in [7, 11) is 0. The van der Waals surface area contributed by atoms with Gasteiger partial charge in [0, 0.05) is 26.2 Å². The molecule has 16 atom stereocenters. The lowest BCUT2D eigenvalue weighted by Crippen LogP contribution is -2.61. The van der Waals surface area contributed by atoms with Gasteiger partial charge in [-0.05, 0) is 178 Å². The highest BCUT2D eigenvalue weighted by Gasteiger charge is 2.39. The van der Waals surface area contributed by atoms with Gasteiger partial charge < -0.3 is 137 Å². The normalized spacial score (nSPS) is 15.1. The van der Waals surface area contributed by atoms with Crippen molar-refractivity contribution in [2.45, 2.75) is 338 Å². The first-order valence-corrected chi connectivity index (χ1v) is 44.8. The molecular weight excluding hydrogens is 1670 g/mol. The highest BCUT2D eigenvalue weighted by atomic mass is 16.2. The lowest BCUT2D eigenvalue weighted by molar-refractivity contribution is -0.136. The Bertz CT molecular complexity index is 3740. The van der Waals surface area contributed by atoms with E-state index in [1.807, 2.05) is 27.7 Å². The summed E-state index contributed by atoms with van der Waals surface area (Å²) in [5.74, 6) is -15.1. The molecule has 0 bridgehead atoms. The Labute approximate surface area is 760 Å². The summed E-state index contributed by atoms with van der Waals surface area (Å²) >= 11 is 0. The highest BCUT2D eigenvalue weighted by Crippen LogP contribution is 2.17. The van der Waals surface area contributed by atoms with Gasteiger partial charge in [0.2, 0.25) is 94.5 Å². The number of hydrogen-bond donors (Lipinski definition) is 25. The molecule has 0 rings (SSSR count). The Kier molecular flexibility index (Phi) is 55.7. The predicted molar refractivity (Wildman–Crippen MR) is 494 cm³/mol. The smallest absolute Gasteiger partial charge is 0.243 e. The second-order valence-corrected chi connectivity index (χ2v) is 36.4. The van der Waals surface area contributed by atoms with E-state index in [0.29, 0.717) is 6.42 Å². The van der Waals surface area contributed by atoms with Gasteiger partial charge in [0.25, 0.3) is 0 Å². The zero-order valence-electron chi connectivity index (χ0n) is 79.6. The van der Waals surface area contributed by atoms with Gasteiger partial charge in [-0.1, -0.05) is 111 Å². The van der Waals surface area contributed by atoms with Gasteiger partial charge in [-0.3, -0.25) is 96.7 Å². The topological polar surface area (TPSA) is 763 Å². The van der Waals surface area contributed by atoms with E-state index in [1.54, 1.807) is 83.1 Å². The molecule has 45 nitrogen and oxygen atoms in total. The van der Waals surface area contributed by atoms with Crippen LogP contribution in [-0.2, 0) is 76.7 Å². The van der Waals surface area contributed by atoms with Crippen molar-refractivity contribution < 1.29 is 76.7 Å². The lowest BCUT2D eigenvalue weighted by atomic mass is 9.99. The number of rotatable bonds is 63. The molecule has 0 spiro atoms. The molecule has 35 N–H and O–H groups in total. The average Bonchev–Trinajstić information content (AvgIpc) is 0.858. The number of carbonyl (C=O) groups is 16. The lowest BCUT2D eigenvalue weighted by Gasteiger charge is -2.29. The minimum Gasteiger partial charge on any atom is -0.370 e. The predicted octanol–water partition coefficient (Wildman–Crippen LogP) is -4.27. The van der Waals surface area contributed by atoms with Gasteiger partial charge >= 0.3 is 0 Å². The largest absolute Gasteiger partial charge is 0.370 e. The molecule has 0 aromatic carbocycles. The van der Waals surface area contributed by atoms with Crippen LogP contribution in [0.4, 0.5) is 0 Å². The second-order valence-electron chi connectivity index (χ2n) is 36.4. The standard InChI is InChI=1S/C84H159N29O16/c1-41(2)33-53(85)70(119)99-49(17)66(115)104-55(26-22-30-96-82(89)90)72(121)108-62(38-46(11)12)78(127)112-60(36-44(7)8)76(125)101-51(19)68(117)106-57(28-24-32-98-84(93)94)74(123)110-64(40-48(15)16)80(129)113-61(37-45(9)10)77(126)102-52(20)69(118)105-56(27-23-31-97-83(91)92)73(122)109-63(39-47(13)14)79(128)111-59(35-43(5)6)75(124)100-50(18)67(116)103-54(25-21-29-95-81(87)88)71(120)107-58(65(86)114)34-42(3)4/h41-64H,21-40,85H2,1-20H3,(H2,86,114)(H,99,119)(H,100,124)(H,101,125)(H,102,126)(H,103,116)(H,104,115)(H,105,118)(H,106,117)(H,107,120)(H,108,121)(H,109,122)(H,110,123)(H,111,128)(H,112,127)(H,113,129)(H4,87,88,95)(H4,89,90,96)(H4,91,92,97)(H4,93,94,98)/t49-,50-,51-,52-,53-,54-,55-,56-,57-,58-,59-,60-,61-,62-,63-,64-/m0/s1. The van der Waals surface area contributed by atoms with Crippen molar-refractivity contribution in [2.24, 2.45) is 125 Å². The van der Waals surface area contributed by atoms with Crippen LogP contribution in [0, 0.1) is 47.3 Å². The third-order valence-electron chi connectivity index (χ3n) is 19.8. The van der Waals surface area contributed by atoms with Crippen LogP contribution < -0.4 is 137 Å². The van der Waals surface area contributed by atoms with Crippen LogP contribution in [0.2, 0.25) is 0 Å². The Morgan fingerprint density at radius 2 is 0.341 bits per heavy atom. The van der Waals surface area contributed by atoms with Gasteiger partial charge in [-0.15, -0.1) is 0 Å². The summed E-state index contributed by atoms with van der Waals surface area (Å²) in [6, 6.07) is -20.5. The molecule has 0 saturated heterocycles. The molecule has 0 aliphatic carbocycles. The number of aliphatic imine (C=N–C) groups is 4. The van der Waals surface area contributed by atoms with Crippen molar-refractivity contribution in [3.63, 3.8) is 0 Å². The zero-order chi connectivity index (χ0) is 99.0. The number of nitrogens with zero attached hydrogens (tertiary/aromatic N) is 4. The second kappa shape index (κ2) is 61.1. The maximum absolute atomic E-state index is 14.7. The highest BCUT2D eigenvalue weighted by molar-refractivity contribution is 6.01. The van der Waals surface area contributed by atoms with Gasteiger partial charge in [0.1, 0.15) is 90.6 Å². The van der Waals surface area contributed by atoms with E-state index in [0.717, 1.165) is 0 Å². The van der Waals surface area contributed by atoms with E-state index >= 15 is 0 Å². The van der Waals surface area contributed by atoms with E-state index in [9.17, 15) is 76.7 Å². The fourth-order valence-electron chi connectivity index (χ4n) is 13.3. The van der Waals surface area contributed by atoms with Crippen molar-refractivity contribution in [3.8, 4) is 0 Å². The molecule has 0 heterocycles. The van der Waals surface area contributed by atoms with Crippen LogP contribution in [0.1, 0.15) is 241 Å². The number of hydrogen-bond acceptors (Lipinski definition) is 21. The van der Waals surface area contributed by atoms with Crippen molar-refractivity contribution in [1.29, 1.82) is 0 Å². The van der Waals surface area contributed by atoms with E-state index in [-0.39, 0.29) is 194 Å². The van der Waals surface area contributed by atoms with Crippen molar-refractivity contribution in [1.82, 2.24) is 79.8 Å². The first-order valence-electron chi connectivity index (χ1n) is 44.8. The minimum atomic E-state index is -1.43. The monoisotopic (exact) mass is 1830 g/mol. The SMILES string of the molecule is CC(C)C[C@H](NC(=O)[C@H](CCCN=C(N)N)NC(=O)[C@H](C)NC(=O)[C@H](CC(C)C)NC(=O)[C@H](CC(C)C)NC(=O)[C@H](CCCN=C(N)N)NC(=O)[C@H](C)NC(=O)[C@H](CC(C)C)NC(=O)[C@H](CC(C)C)NC(=O)[C@H](CCCN=C(N)N)NC(=O)[C@H](C)NC(=O)[C@H](CC(C)C)NC(=O)[C@H](CC(C)C)NC(=O)[C@H](CCCN=C(N)N)NC(=O)[C@H](C)NC(=O)[C@@H](N)CC(C)C)C(N)=O. The minimum absolute atomic E-state index is 0.00462. The number of amides is 16. The average molecular weight is 1830 g/mol. The van der Waals surface area contributed by atoms with Gasteiger partial charge in [-0.2, -0.15) is 0 Å². The van der Waals surface area contributed by atoms with Crippen LogP contribution in [0.5, 0.6) is 0 Å². The molecule has 45 heteroatoms. The number of carbonyl (C=O) groups excluding carboxylic acids is 16. The molecule has 0 aromatic heterocycles. The van der Waals surface area contributed by atoms with Gasteiger partial charge in [-0.25, -0.2) is 0 Å². The van der Waals surface area contributed by atoms with Crippen molar-refractivity contribution in [3.05, 3.63) is 0 Å². The van der Waals surface area contributed by atoms with E-state index in [1.165, 1.54) is 27.7 Å². The Balaban J connectivity index is 7.12. The number of nitrogens with two attached hydrogens (primary N) is 10. The Morgan fingerprint density at radius 1 is 0.194 bits per heavy atom. The Hall–Kier alpha value is -11.4. The quantitative estimate of drug-likeness (QED) is 0.0156.